The first-order chi connectivity index (χ1) is 9.08. The molecule has 1 aromatic heterocycles. The van der Waals surface area contributed by atoms with Crippen molar-refractivity contribution in [2.75, 3.05) is 5.32 Å². The van der Waals surface area contributed by atoms with Gasteiger partial charge in [-0.05, 0) is 50.1 Å². The lowest BCUT2D eigenvalue weighted by atomic mass is 10.2. The molecule has 0 spiro atoms. The summed E-state index contributed by atoms with van der Waals surface area (Å²) >= 11 is 3.51. The first-order valence-corrected chi connectivity index (χ1v) is 7.43. The van der Waals surface area contributed by atoms with E-state index in [1.54, 1.807) is 0 Å². The lowest BCUT2D eigenvalue weighted by Gasteiger charge is -2.09. The van der Waals surface area contributed by atoms with Gasteiger partial charge in [-0.1, -0.05) is 22.9 Å². The SMILES string of the molecule is CCC(C)n1ccc(CNc2cc(C)cc(Br)c2)n1. The summed E-state index contributed by atoms with van der Waals surface area (Å²) in [4.78, 5) is 0. The van der Waals surface area contributed by atoms with Crippen LogP contribution >= 0.6 is 15.9 Å². The molecule has 0 aliphatic carbocycles. The fourth-order valence-corrected chi connectivity index (χ4v) is 2.54. The van der Waals surface area contributed by atoms with Crippen molar-refractivity contribution >= 4 is 21.6 Å². The van der Waals surface area contributed by atoms with Crippen molar-refractivity contribution in [2.24, 2.45) is 0 Å². The second-order valence-corrected chi connectivity index (χ2v) is 5.83. The second kappa shape index (κ2) is 6.24. The summed E-state index contributed by atoms with van der Waals surface area (Å²) in [7, 11) is 0. The summed E-state index contributed by atoms with van der Waals surface area (Å²) in [5.41, 5.74) is 3.42. The zero-order valence-corrected chi connectivity index (χ0v) is 13.2. The third-order valence-electron chi connectivity index (χ3n) is 3.22. The Labute approximate surface area is 123 Å². The summed E-state index contributed by atoms with van der Waals surface area (Å²) in [6.07, 6.45) is 3.15. The Morgan fingerprint density at radius 1 is 1.37 bits per heavy atom. The number of nitrogens with zero attached hydrogens (tertiary/aromatic N) is 2. The van der Waals surface area contributed by atoms with E-state index in [0.29, 0.717) is 6.04 Å². The Morgan fingerprint density at radius 2 is 2.16 bits per heavy atom. The number of nitrogens with one attached hydrogen (secondary N) is 1. The summed E-state index contributed by atoms with van der Waals surface area (Å²) in [5.74, 6) is 0. The van der Waals surface area contributed by atoms with E-state index in [-0.39, 0.29) is 0 Å². The maximum atomic E-state index is 4.58. The Morgan fingerprint density at radius 3 is 2.84 bits per heavy atom. The van der Waals surface area contributed by atoms with E-state index in [1.807, 2.05) is 4.68 Å². The van der Waals surface area contributed by atoms with Crippen LogP contribution in [0, 0.1) is 6.92 Å². The molecule has 2 rings (SSSR count). The molecule has 1 heterocycles. The van der Waals surface area contributed by atoms with Crippen LogP contribution in [0.5, 0.6) is 0 Å². The molecule has 102 valence electrons. The van der Waals surface area contributed by atoms with Gasteiger partial charge in [0.1, 0.15) is 0 Å². The topological polar surface area (TPSA) is 29.9 Å². The number of anilines is 1. The van der Waals surface area contributed by atoms with E-state index in [4.69, 9.17) is 0 Å². The van der Waals surface area contributed by atoms with Crippen molar-refractivity contribution in [1.29, 1.82) is 0 Å². The van der Waals surface area contributed by atoms with Crippen LogP contribution in [0.1, 0.15) is 37.6 Å². The number of aromatic nitrogens is 2. The quantitative estimate of drug-likeness (QED) is 0.876. The van der Waals surface area contributed by atoms with Crippen molar-refractivity contribution in [2.45, 2.75) is 39.8 Å². The van der Waals surface area contributed by atoms with Gasteiger partial charge < -0.3 is 5.32 Å². The smallest absolute Gasteiger partial charge is 0.0815 e. The molecule has 0 bridgehead atoms. The number of hydrogen-bond acceptors (Lipinski definition) is 2. The first kappa shape index (κ1) is 14.1. The van der Waals surface area contributed by atoms with Gasteiger partial charge in [0, 0.05) is 22.4 Å². The normalized spacial score (nSPS) is 12.4. The highest BCUT2D eigenvalue weighted by Crippen LogP contribution is 2.19. The zero-order valence-electron chi connectivity index (χ0n) is 11.7. The Kier molecular flexibility index (Phi) is 4.64. The number of halogens is 1. The monoisotopic (exact) mass is 321 g/mol. The van der Waals surface area contributed by atoms with Gasteiger partial charge in [-0.25, -0.2) is 0 Å². The summed E-state index contributed by atoms with van der Waals surface area (Å²) in [5, 5.41) is 7.99. The average Bonchev–Trinajstić information content (AvgIpc) is 2.83. The number of aryl methyl sites for hydroxylation is 1. The third kappa shape index (κ3) is 3.83. The zero-order chi connectivity index (χ0) is 13.8. The van der Waals surface area contributed by atoms with Gasteiger partial charge in [-0.15, -0.1) is 0 Å². The van der Waals surface area contributed by atoms with Crippen LogP contribution in [0.15, 0.2) is 34.9 Å². The summed E-state index contributed by atoms with van der Waals surface area (Å²) in [6, 6.07) is 8.85. The molecule has 1 atom stereocenters. The predicted molar refractivity (Wildman–Crippen MR) is 83.4 cm³/mol. The molecule has 0 fully saturated rings. The molecule has 1 N–H and O–H groups in total. The van der Waals surface area contributed by atoms with E-state index in [2.05, 4.69) is 77.6 Å². The van der Waals surface area contributed by atoms with Gasteiger partial charge in [0.2, 0.25) is 0 Å². The van der Waals surface area contributed by atoms with Gasteiger partial charge in [0.05, 0.1) is 12.2 Å². The Hall–Kier alpha value is -1.29. The maximum absolute atomic E-state index is 4.58. The Bertz CT molecular complexity index is 528. The molecule has 3 nitrogen and oxygen atoms in total. The van der Waals surface area contributed by atoms with Crippen molar-refractivity contribution < 1.29 is 0 Å². The van der Waals surface area contributed by atoms with Crippen LogP contribution in [0.3, 0.4) is 0 Å². The van der Waals surface area contributed by atoms with Crippen LogP contribution in [-0.4, -0.2) is 9.78 Å². The molecule has 0 aliphatic heterocycles. The van der Waals surface area contributed by atoms with Crippen LogP contribution in [0.25, 0.3) is 0 Å². The lowest BCUT2D eigenvalue weighted by Crippen LogP contribution is -2.06. The molecule has 0 saturated heterocycles. The van der Waals surface area contributed by atoms with E-state index in [9.17, 15) is 0 Å². The van der Waals surface area contributed by atoms with Gasteiger partial charge in [-0.3, -0.25) is 4.68 Å². The largest absolute Gasteiger partial charge is 0.379 e. The van der Waals surface area contributed by atoms with Crippen molar-refractivity contribution in [3.8, 4) is 0 Å². The lowest BCUT2D eigenvalue weighted by molar-refractivity contribution is 0.474. The van der Waals surface area contributed by atoms with Crippen LogP contribution < -0.4 is 5.32 Å². The minimum atomic E-state index is 0.460. The molecule has 2 aromatic rings. The van der Waals surface area contributed by atoms with E-state index >= 15 is 0 Å². The Balaban J connectivity index is 2.00. The molecule has 0 saturated carbocycles. The van der Waals surface area contributed by atoms with Crippen LogP contribution in [0.4, 0.5) is 5.69 Å². The molecule has 0 amide bonds. The summed E-state index contributed by atoms with van der Waals surface area (Å²) < 4.78 is 3.13. The van der Waals surface area contributed by atoms with Crippen LogP contribution in [0.2, 0.25) is 0 Å². The molecular weight excluding hydrogens is 302 g/mol. The first-order valence-electron chi connectivity index (χ1n) is 6.63. The van der Waals surface area contributed by atoms with E-state index < -0.39 is 0 Å². The number of benzene rings is 1. The molecular formula is C15H20BrN3. The predicted octanol–water partition coefficient (Wildman–Crippen LogP) is 4.54. The van der Waals surface area contributed by atoms with E-state index in [1.165, 1.54) is 5.56 Å². The van der Waals surface area contributed by atoms with Gasteiger partial charge in [0.25, 0.3) is 0 Å². The van der Waals surface area contributed by atoms with Crippen molar-refractivity contribution in [3.05, 3.63) is 46.2 Å². The molecule has 19 heavy (non-hydrogen) atoms. The van der Waals surface area contributed by atoms with E-state index in [0.717, 1.165) is 28.8 Å². The van der Waals surface area contributed by atoms with Gasteiger partial charge >= 0.3 is 0 Å². The minimum absolute atomic E-state index is 0.460. The molecule has 1 aromatic carbocycles. The average molecular weight is 322 g/mol. The number of rotatable bonds is 5. The third-order valence-corrected chi connectivity index (χ3v) is 3.68. The minimum Gasteiger partial charge on any atom is -0.379 e. The molecule has 0 radical (unpaired) electrons. The van der Waals surface area contributed by atoms with Gasteiger partial charge in [-0.2, -0.15) is 5.10 Å². The maximum Gasteiger partial charge on any atom is 0.0815 e. The van der Waals surface area contributed by atoms with Gasteiger partial charge in [0.15, 0.2) is 0 Å². The summed E-state index contributed by atoms with van der Waals surface area (Å²) in [6.45, 7) is 7.20. The van der Waals surface area contributed by atoms with Crippen molar-refractivity contribution in [1.82, 2.24) is 9.78 Å². The highest BCUT2D eigenvalue weighted by Gasteiger charge is 2.04. The second-order valence-electron chi connectivity index (χ2n) is 4.92. The standard InChI is InChI=1S/C15H20BrN3/c1-4-12(3)19-6-5-14(18-19)10-17-15-8-11(2)7-13(16)9-15/h5-9,12,17H,4,10H2,1-3H3. The number of hydrogen-bond donors (Lipinski definition) is 1. The molecule has 1 unspecified atom stereocenters. The fraction of sp³-hybridized carbons (Fsp3) is 0.400. The molecule has 0 aliphatic rings. The fourth-order valence-electron chi connectivity index (χ4n) is 1.94. The van der Waals surface area contributed by atoms with Crippen LogP contribution in [-0.2, 0) is 6.54 Å². The highest BCUT2D eigenvalue weighted by molar-refractivity contribution is 9.10. The molecule has 4 heteroatoms. The highest BCUT2D eigenvalue weighted by atomic mass is 79.9. The van der Waals surface area contributed by atoms with Crippen molar-refractivity contribution in [3.63, 3.8) is 0 Å².